The van der Waals surface area contributed by atoms with Crippen LogP contribution in [0.15, 0.2) is 35.2 Å². The van der Waals surface area contributed by atoms with E-state index in [2.05, 4.69) is 5.32 Å². The maximum atomic E-state index is 12.4. The van der Waals surface area contributed by atoms with Crippen molar-refractivity contribution in [2.45, 2.75) is 25.2 Å². The first-order chi connectivity index (χ1) is 15.2. The van der Waals surface area contributed by atoms with Gasteiger partial charge in [0.15, 0.2) is 6.61 Å². The third kappa shape index (κ3) is 7.10. The first-order valence-electron chi connectivity index (χ1n) is 9.90. The fourth-order valence-electron chi connectivity index (χ4n) is 2.61. The number of nitrogens with one attached hydrogen (secondary N) is 1. The van der Waals surface area contributed by atoms with Crippen LogP contribution < -0.4 is 5.32 Å². The van der Waals surface area contributed by atoms with Crippen LogP contribution >= 0.6 is 23.1 Å². The minimum absolute atomic E-state index is 0.126. The summed E-state index contributed by atoms with van der Waals surface area (Å²) in [5.74, 6) is -1.51. The fourth-order valence-corrected chi connectivity index (χ4v) is 4.69. The van der Waals surface area contributed by atoms with Crippen molar-refractivity contribution in [2.24, 2.45) is 0 Å². The number of amides is 2. The van der Waals surface area contributed by atoms with E-state index in [1.54, 1.807) is 27.9 Å². The largest absolute Gasteiger partial charge is 0.462 e. The Kier molecular flexibility index (Phi) is 9.73. The molecule has 0 saturated carbocycles. The van der Waals surface area contributed by atoms with E-state index in [4.69, 9.17) is 9.47 Å². The molecule has 1 aromatic carbocycles. The highest BCUT2D eigenvalue weighted by Gasteiger charge is 2.27. The van der Waals surface area contributed by atoms with E-state index in [9.17, 15) is 19.2 Å². The van der Waals surface area contributed by atoms with E-state index in [0.29, 0.717) is 16.2 Å². The van der Waals surface area contributed by atoms with Gasteiger partial charge in [-0.25, -0.2) is 4.79 Å². The van der Waals surface area contributed by atoms with E-state index < -0.39 is 24.5 Å². The number of thiophene rings is 1. The van der Waals surface area contributed by atoms with Crippen LogP contribution in [-0.2, 0) is 19.1 Å². The van der Waals surface area contributed by atoms with E-state index in [1.807, 2.05) is 30.3 Å². The first-order valence-corrected chi connectivity index (χ1v) is 11.7. The molecule has 0 atom stereocenters. The number of carbonyl (C=O) groups excluding carboxylic acids is 4. The van der Waals surface area contributed by atoms with E-state index in [-0.39, 0.29) is 29.5 Å². The molecule has 2 rings (SSSR count). The predicted octanol–water partition coefficient (Wildman–Crippen LogP) is 3.60. The highest BCUT2D eigenvalue weighted by atomic mass is 32.2. The zero-order chi connectivity index (χ0) is 23.7. The monoisotopic (exact) mass is 478 g/mol. The van der Waals surface area contributed by atoms with Crippen LogP contribution in [0.1, 0.15) is 38.9 Å². The van der Waals surface area contributed by atoms with Gasteiger partial charge in [-0.2, -0.15) is 0 Å². The Bertz CT molecular complexity index is 972. The molecule has 0 unspecified atom stereocenters. The number of hydrogen-bond acceptors (Lipinski definition) is 8. The zero-order valence-electron chi connectivity index (χ0n) is 18.4. The van der Waals surface area contributed by atoms with Crippen LogP contribution in [0.25, 0.3) is 0 Å². The van der Waals surface area contributed by atoms with Gasteiger partial charge in [-0.1, -0.05) is 18.2 Å². The van der Waals surface area contributed by atoms with Crippen molar-refractivity contribution in [3.8, 4) is 0 Å². The summed E-state index contributed by atoms with van der Waals surface area (Å²) in [6, 6.07) is 9.64. The summed E-state index contributed by atoms with van der Waals surface area (Å²) in [7, 11) is 3.19. The molecule has 1 N–H and O–H groups in total. The Morgan fingerprint density at radius 3 is 2.41 bits per heavy atom. The summed E-state index contributed by atoms with van der Waals surface area (Å²) in [4.78, 5) is 51.8. The molecular weight excluding hydrogens is 452 g/mol. The van der Waals surface area contributed by atoms with Crippen molar-refractivity contribution in [2.75, 3.05) is 38.4 Å². The molecule has 0 radical (unpaired) electrons. The molecule has 0 fully saturated rings. The van der Waals surface area contributed by atoms with E-state index >= 15 is 0 Å². The van der Waals surface area contributed by atoms with E-state index in [0.717, 1.165) is 16.2 Å². The highest BCUT2D eigenvalue weighted by molar-refractivity contribution is 7.99. The van der Waals surface area contributed by atoms with Gasteiger partial charge in [0.05, 0.1) is 23.5 Å². The predicted molar refractivity (Wildman–Crippen MR) is 124 cm³/mol. The zero-order valence-corrected chi connectivity index (χ0v) is 20.1. The SMILES string of the molecule is CCOC(=O)c1c(NC(=O)COC(=O)CCSc2ccccc2)sc(C(=O)N(C)C)c1C. The number of esters is 2. The number of carbonyl (C=O) groups is 4. The van der Waals surface area contributed by atoms with Crippen LogP contribution in [0.4, 0.5) is 5.00 Å². The Balaban J connectivity index is 1.97. The highest BCUT2D eigenvalue weighted by Crippen LogP contribution is 2.34. The summed E-state index contributed by atoms with van der Waals surface area (Å²) < 4.78 is 10.1. The molecule has 0 aliphatic carbocycles. The quantitative estimate of drug-likeness (QED) is 0.411. The van der Waals surface area contributed by atoms with Crippen LogP contribution in [0.5, 0.6) is 0 Å². The van der Waals surface area contributed by atoms with Gasteiger partial charge in [-0.05, 0) is 31.5 Å². The molecular formula is C22H26N2O6S2. The van der Waals surface area contributed by atoms with Crippen LogP contribution in [0.2, 0.25) is 0 Å². The van der Waals surface area contributed by atoms with Gasteiger partial charge in [0, 0.05) is 24.7 Å². The minimum Gasteiger partial charge on any atom is -0.462 e. The topological polar surface area (TPSA) is 102 Å². The van der Waals surface area contributed by atoms with Crippen molar-refractivity contribution in [1.29, 1.82) is 0 Å². The Morgan fingerprint density at radius 2 is 1.78 bits per heavy atom. The molecule has 8 nitrogen and oxygen atoms in total. The molecule has 172 valence electrons. The molecule has 0 bridgehead atoms. The second-order valence-corrected chi connectivity index (χ2v) is 8.99. The molecule has 1 aromatic heterocycles. The average molecular weight is 479 g/mol. The average Bonchev–Trinajstić information content (AvgIpc) is 3.08. The lowest BCUT2D eigenvalue weighted by molar-refractivity contribution is -0.146. The first kappa shape index (κ1) is 25.4. The molecule has 32 heavy (non-hydrogen) atoms. The smallest absolute Gasteiger partial charge is 0.341 e. The summed E-state index contributed by atoms with van der Waals surface area (Å²) in [5, 5.41) is 2.75. The van der Waals surface area contributed by atoms with Crippen molar-refractivity contribution < 1.29 is 28.7 Å². The lowest BCUT2D eigenvalue weighted by Gasteiger charge is -2.09. The second kappa shape index (κ2) is 12.3. The lowest BCUT2D eigenvalue weighted by atomic mass is 10.1. The minimum atomic E-state index is -0.635. The summed E-state index contributed by atoms with van der Waals surface area (Å²) in [5.41, 5.74) is 0.554. The Morgan fingerprint density at radius 1 is 1.09 bits per heavy atom. The molecule has 10 heteroatoms. The molecule has 0 saturated heterocycles. The number of benzene rings is 1. The van der Waals surface area contributed by atoms with Crippen molar-refractivity contribution in [1.82, 2.24) is 4.90 Å². The number of hydrogen-bond donors (Lipinski definition) is 1. The molecule has 1 heterocycles. The van der Waals surface area contributed by atoms with Crippen LogP contribution in [-0.4, -0.2) is 61.7 Å². The van der Waals surface area contributed by atoms with Gasteiger partial charge in [0.2, 0.25) is 0 Å². The van der Waals surface area contributed by atoms with Crippen molar-refractivity contribution in [3.63, 3.8) is 0 Å². The van der Waals surface area contributed by atoms with E-state index in [1.165, 1.54) is 16.7 Å². The normalized spacial score (nSPS) is 10.4. The van der Waals surface area contributed by atoms with Gasteiger partial charge in [-0.15, -0.1) is 23.1 Å². The maximum absolute atomic E-state index is 12.4. The number of nitrogens with zero attached hydrogens (tertiary/aromatic N) is 1. The van der Waals surface area contributed by atoms with Gasteiger partial charge in [0.25, 0.3) is 11.8 Å². The standard InChI is InChI=1S/C22H26N2O6S2/c1-5-29-22(28)18-14(2)19(21(27)24(3)4)32-20(18)23-16(25)13-30-17(26)11-12-31-15-9-7-6-8-10-15/h6-10H,5,11-13H2,1-4H3,(H,23,25). The number of rotatable bonds is 10. The van der Waals surface area contributed by atoms with Crippen molar-refractivity contribution >= 4 is 51.9 Å². The lowest BCUT2D eigenvalue weighted by Crippen LogP contribution is -2.22. The van der Waals surface area contributed by atoms with Gasteiger partial charge in [-0.3, -0.25) is 14.4 Å². The van der Waals surface area contributed by atoms with Gasteiger partial charge < -0.3 is 19.7 Å². The molecule has 0 aliphatic heterocycles. The number of anilines is 1. The number of thioether (sulfide) groups is 1. The summed E-state index contributed by atoms with van der Waals surface area (Å²) in [6.07, 6.45) is 0.153. The molecule has 0 spiro atoms. The Labute approximate surface area is 195 Å². The van der Waals surface area contributed by atoms with Crippen LogP contribution in [0, 0.1) is 6.92 Å². The summed E-state index contributed by atoms with van der Waals surface area (Å²) >= 11 is 2.50. The third-order valence-corrected chi connectivity index (χ3v) is 6.37. The van der Waals surface area contributed by atoms with Gasteiger partial charge >= 0.3 is 11.9 Å². The second-order valence-electron chi connectivity index (χ2n) is 6.80. The van der Waals surface area contributed by atoms with Gasteiger partial charge in [0.1, 0.15) is 5.00 Å². The van der Waals surface area contributed by atoms with Crippen LogP contribution in [0.3, 0.4) is 0 Å². The fraction of sp³-hybridized carbons (Fsp3) is 0.364. The molecule has 2 aromatic rings. The summed E-state index contributed by atoms with van der Waals surface area (Å²) in [6.45, 7) is 2.95. The maximum Gasteiger partial charge on any atom is 0.341 e. The molecule has 2 amide bonds. The third-order valence-electron chi connectivity index (χ3n) is 4.16. The Hall–Kier alpha value is -2.85. The molecule has 0 aliphatic rings. The van der Waals surface area contributed by atoms with Crippen molar-refractivity contribution in [3.05, 3.63) is 46.3 Å². The number of ether oxygens (including phenoxy) is 2.